The molecule has 0 saturated heterocycles. The fraction of sp³-hybridized carbons (Fsp3) is 0.133. The first-order valence-corrected chi connectivity index (χ1v) is 6.23. The smallest absolute Gasteiger partial charge is 0.311 e. The van der Waals surface area contributed by atoms with E-state index >= 15 is 0 Å². The monoisotopic (exact) mass is 287 g/mol. The number of carboxylic acid groups (broad SMARTS) is 1. The third-order valence-corrected chi connectivity index (χ3v) is 3.02. The lowest BCUT2D eigenvalue weighted by molar-refractivity contribution is -0.385. The third kappa shape index (κ3) is 3.36. The minimum Gasteiger partial charge on any atom is -0.481 e. The fourth-order valence-corrected chi connectivity index (χ4v) is 1.79. The second-order valence-corrected chi connectivity index (χ2v) is 4.46. The molecule has 6 nitrogen and oxygen atoms in total. The van der Waals surface area contributed by atoms with Crippen molar-refractivity contribution < 1.29 is 19.6 Å². The van der Waals surface area contributed by atoms with Crippen molar-refractivity contribution in [2.45, 2.75) is 12.8 Å². The molecule has 1 atom stereocenters. The molecular weight excluding hydrogens is 274 g/mol. The first kappa shape index (κ1) is 14.5. The molecular formula is C15H13NO5. The number of hydrogen-bond acceptors (Lipinski definition) is 4. The highest BCUT2D eigenvalue weighted by atomic mass is 16.6. The largest absolute Gasteiger partial charge is 0.481 e. The number of carbonyl (C=O) groups is 1. The Kier molecular flexibility index (Phi) is 4.18. The van der Waals surface area contributed by atoms with Gasteiger partial charge in [-0.05, 0) is 30.7 Å². The van der Waals surface area contributed by atoms with Gasteiger partial charge in [0.15, 0.2) is 0 Å². The summed E-state index contributed by atoms with van der Waals surface area (Å²) in [6.07, 6.45) is 0. The summed E-state index contributed by atoms with van der Waals surface area (Å²) in [5.74, 6) is -1.31. The summed E-state index contributed by atoms with van der Waals surface area (Å²) in [6.45, 7) is 1.51. The lowest BCUT2D eigenvalue weighted by Gasteiger charge is -2.10. The average Bonchev–Trinajstić information content (AvgIpc) is 2.47. The molecule has 1 unspecified atom stereocenters. The molecule has 6 heteroatoms. The quantitative estimate of drug-likeness (QED) is 0.670. The lowest BCUT2D eigenvalue weighted by Crippen LogP contribution is -2.07. The summed E-state index contributed by atoms with van der Waals surface area (Å²) in [6, 6.07) is 12.7. The minimum atomic E-state index is -1.01. The SMILES string of the molecule is CC(C(=O)O)c1ccc([N+](=O)[O-])c(Oc2ccccc2)c1. The Bertz CT molecular complexity index is 669. The van der Waals surface area contributed by atoms with E-state index in [1.165, 1.54) is 25.1 Å². The summed E-state index contributed by atoms with van der Waals surface area (Å²) >= 11 is 0. The van der Waals surface area contributed by atoms with Gasteiger partial charge in [-0.3, -0.25) is 14.9 Å². The van der Waals surface area contributed by atoms with Gasteiger partial charge in [0.1, 0.15) is 5.75 Å². The maximum Gasteiger partial charge on any atom is 0.311 e. The van der Waals surface area contributed by atoms with Gasteiger partial charge in [0.05, 0.1) is 10.8 Å². The molecule has 108 valence electrons. The molecule has 0 spiro atoms. The number of nitro groups is 1. The molecule has 0 aliphatic heterocycles. The molecule has 2 aromatic carbocycles. The number of nitrogens with zero attached hydrogens (tertiary/aromatic N) is 1. The Balaban J connectivity index is 2.42. The number of hydrogen-bond donors (Lipinski definition) is 1. The number of rotatable bonds is 5. The number of para-hydroxylation sites is 1. The van der Waals surface area contributed by atoms with Crippen LogP contribution >= 0.6 is 0 Å². The Morgan fingerprint density at radius 1 is 1.24 bits per heavy atom. The van der Waals surface area contributed by atoms with Crippen LogP contribution in [-0.2, 0) is 4.79 Å². The van der Waals surface area contributed by atoms with E-state index in [-0.39, 0.29) is 11.4 Å². The van der Waals surface area contributed by atoms with E-state index in [0.29, 0.717) is 11.3 Å². The highest BCUT2D eigenvalue weighted by molar-refractivity contribution is 5.76. The van der Waals surface area contributed by atoms with E-state index in [0.717, 1.165) is 0 Å². The summed E-state index contributed by atoms with van der Waals surface area (Å²) < 4.78 is 5.51. The molecule has 2 rings (SSSR count). The van der Waals surface area contributed by atoms with Crippen LogP contribution in [0, 0.1) is 10.1 Å². The van der Waals surface area contributed by atoms with Crippen molar-refractivity contribution in [3.63, 3.8) is 0 Å². The summed E-state index contributed by atoms with van der Waals surface area (Å²) in [5, 5.41) is 20.1. The van der Waals surface area contributed by atoms with Gasteiger partial charge in [-0.1, -0.05) is 24.3 Å². The molecule has 1 N–H and O–H groups in total. The van der Waals surface area contributed by atoms with Crippen LogP contribution in [0.3, 0.4) is 0 Å². The zero-order chi connectivity index (χ0) is 15.4. The van der Waals surface area contributed by atoms with Gasteiger partial charge in [0.2, 0.25) is 5.75 Å². The number of benzene rings is 2. The van der Waals surface area contributed by atoms with Crippen LogP contribution in [0.25, 0.3) is 0 Å². The van der Waals surface area contributed by atoms with Crippen LogP contribution < -0.4 is 4.74 Å². The Morgan fingerprint density at radius 2 is 1.90 bits per heavy atom. The highest BCUT2D eigenvalue weighted by Crippen LogP contribution is 2.34. The first-order valence-electron chi connectivity index (χ1n) is 6.23. The maximum absolute atomic E-state index is 11.0. The van der Waals surface area contributed by atoms with Crippen molar-refractivity contribution in [1.29, 1.82) is 0 Å². The van der Waals surface area contributed by atoms with Crippen LogP contribution in [-0.4, -0.2) is 16.0 Å². The van der Waals surface area contributed by atoms with Crippen LogP contribution in [0.5, 0.6) is 11.5 Å². The van der Waals surface area contributed by atoms with Crippen LogP contribution in [0.4, 0.5) is 5.69 Å². The molecule has 0 saturated carbocycles. The Morgan fingerprint density at radius 3 is 2.48 bits per heavy atom. The number of ether oxygens (including phenoxy) is 1. The van der Waals surface area contributed by atoms with Crippen molar-refractivity contribution in [2.75, 3.05) is 0 Å². The van der Waals surface area contributed by atoms with Crippen molar-refractivity contribution in [3.05, 3.63) is 64.2 Å². The van der Waals surface area contributed by atoms with E-state index in [1.54, 1.807) is 30.3 Å². The molecule has 0 radical (unpaired) electrons. The van der Waals surface area contributed by atoms with Gasteiger partial charge < -0.3 is 9.84 Å². The second-order valence-electron chi connectivity index (χ2n) is 4.46. The third-order valence-electron chi connectivity index (χ3n) is 3.02. The predicted octanol–water partition coefficient (Wildman–Crippen LogP) is 3.58. The van der Waals surface area contributed by atoms with Crippen LogP contribution in [0.15, 0.2) is 48.5 Å². The van der Waals surface area contributed by atoms with Gasteiger partial charge in [-0.2, -0.15) is 0 Å². The number of nitro benzene ring substituents is 1. The molecule has 0 aromatic heterocycles. The second kappa shape index (κ2) is 6.04. The Labute approximate surface area is 120 Å². The summed E-state index contributed by atoms with van der Waals surface area (Å²) in [7, 11) is 0. The zero-order valence-electron chi connectivity index (χ0n) is 11.2. The van der Waals surface area contributed by atoms with Crippen molar-refractivity contribution in [2.24, 2.45) is 0 Å². The van der Waals surface area contributed by atoms with E-state index in [1.807, 2.05) is 0 Å². The predicted molar refractivity (Wildman–Crippen MR) is 75.7 cm³/mol. The Hall–Kier alpha value is -2.89. The molecule has 0 bridgehead atoms. The average molecular weight is 287 g/mol. The highest BCUT2D eigenvalue weighted by Gasteiger charge is 2.21. The summed E-state index contributed by atoms with van der Waals surface area (Å²) in [5.41, 5.74) is 0.235. The van der Waals surface area contributed by atoms with E-state index in [4.69, 9.17) is 9.84 Å². The minimum absolute atomic E-state index is 0.0248. The number of carboxylic acids is 1. The number of aliphatic carboxylic acids is 1. The van der Waals surface area contributed by atoms with E-state index in [9.17, 15) is 14.9 Å². The van der Waals surface area contributed by atoms with Crippen molar-refractivity contribution in [3.8, 4) is 11.5 Å². The van der Waals surface area contributed by atoms with Gasteiger partial charge in [-0.15, -0.1) is 0 Å². The van der Waals surface area contributed by atoms with Crippen molar-refractivity contribution in [1.82, 2.24) is 0 Å². The lowest BCUT2D eigenvalue weighted by atomic mass is 10.0. The van der Waals surface area contributed by atoms with E-state index in [2.05, 4.69) is 0 Å². The molecule has 0 aliphatic carbocycles. The first-order chi connectivity index (χ1) is 9.99. The molecule has 2 aromatic rings. The molecule has 0 heterocycles. The standard InChI is InChI=1S/C15H13NO5/c1-10(15(17)18)11-7-8-13(16(19)20)14(9-11)21-12-5-3-2-4-6-12/h2-10H,1H3,(H,17,18). The van der Waals surface area contributed by atoms with Gasteiger partial charge >= 0.3 is 11.7 Å². The summed E-state index contributed by atoms with van der Waals surface area (Å²) in [4.78, 5) is 21.5. The molecule has 0 amide bonds. The van der Waals surface area contributed by atoms with Crippen LogP contribution in [0.1, 0.15) is 18.4 Å². The van der Waals surface area contributed by atoms with Crippen LogP contribution in [0.2, 0.25) is 0 Å². The topological polar surface area (TPSA) is 89.7 Å². The molecule has 0 aliphatic rings. The zero-order valence-corrected chi connectivity index (χ0v) is 11.2. The van der Waals surface area contributed by atoms with Gasteiger partial charge in [-0.25, -0.2) is 0 Å². The molecule has 0 fully saturated rings. The normalized spacial score (nSPS) is 11.7. The van der Waals surface area contributed by atoms with Gasteiger partial charge in [0, 0.05) is 6.07 Å². The fourth-order valence-electron chi connectivity index (χ4n) is 1.79. The maximum atomic E-state index is 11.0. The van der Waals surface area contributed by atoms with Gasteiger partial charge in [0.25, 0.3) is 0 Å². The van der Waals surface area contributed by atoms with Crippen molar-refractivity contribution >= 4 is 11.7 Å². The molecule has 21 heavy (non-hydrogen) atoms. The van der Waals surface area contributed by atoms with E-state index < -0.39 is 16.8 Å².